The van der Waals surface area contributed by atoms with Crippen LogP contribution in [0.3, 0.4) is 0 Å². The molecule has 0 radical (unpaired) electrons. The minimum Gasteiger partial charge on any atom is -0.462 e. The second kappa shape index (κ2) is 44.6. The maximum absolute atomic E-state index is 12.6. The van der Waals surface area contributed by atoms with Crippen molar-refractivity contribution in [1.29, 1.82) is 0 Å². The van der Waals surface area contributed by atoms with E-state index in [-0.39, 0.29) is 25.6 Å². The zero-order chi connectivity index (χ0) is 42.5. The van der Waals surface area contributed by atoms with Gasteiger partial charge in [0.05, 0.1) is 13.2 Å². The number of hydrogen-bond acceptors (Lipinski definition) is 7. The van der Waals surface area contributed by atoms with Crippen molar-refractivity contribution >= 4 is 19.8 Å². The van der Waals surface area contributed by atoms with Crippen molar-refractivity contribution in [2.24, 2.45) is 0 Å². The Labute approximate surface area is 357 Å². The molecule has 0 saturated carbocycles. The van der Waals surface area contributed by atoms with Gasteiger partial charge in [0.15, 0.2) is 6.10 Å². The molecule has 0 spiro atoms. The number of phosphoric acid groups is 1. The van der Waals surface area contributed by atoms with Gasteiger partial charge in [0.25, 0.3) is 0 Å². The van der Waals surface area contributed by atoms with Crippen LogP contribution in [0.5, 0.6) is 0 Å². The molecule has 9 heteroatoms. The number of unbranched alkanes of at least 4 members (excludes halogenated alkanes) is 24. The van der Waals surface area contributed by atoms with E-state index in [0.717, 1.165) is 83.5 Å². The summed E-state index contributed by atoms with van der Waals surface area (Å²) in [7, 11) is -4.29. The minimum atomic E-state index is -4.29. The van der Waals surface area contributed by atoms with Crippen LogP contribution in [0, 0.1) is 0 Å². The molecule has 0 fully saturated rings. The molecule has 1 N–H and O–H groups in total. The molecular weight excluding hydrogens is 748 g/mol. The molecule has 8 nitrogen and oxygen atoms in total. The van der Waals surface area contributed by atoms with Crippen LogP contribution < -0.4 is 0 Å². The van der Waals surface area contributed by atoms with Crippen molar-refractivity contribution in [2.45, 2.75) is 232 Å². The van der Waals surface area contributed by atoms with Gasteiger partial charge in [-0.1, -0.05) is 204 Å². The molecule has 338 valence electrons. The van der Waals surface area contributed by atoms with Crippen molar-refractivity contribution < 1.29 is 37.6 Å². The molecular formula is C49H89O8P. The van der Waals surface area contributed by atoms with E-state index in [9.17, 15) is 19.0 Å². The molecule has 0 bridgehead atoms. The lowest BCUT2D eigenvalue weighted by Gasteiger charge is -2.19. The number of carbonyl (C=O) groups excluding carboxylic acids is 2. The van der Waals surface area contributed by atoms with Gasteiger partial charge in [-0.15, -0.1) is 0 Å². The summed E-state index contributed by atoms with van der Waals surface area (Å²) in [5.41, 5.74) is 0. The summed E-state index contributed by atoms with van der Waals surface area (Å²) in [6, 6.07) is 0. The fraction of sp³-hybridized carbons (Fsp3) is 0.796. The molecule has 2 unspecified atom stereocenters. The van der Waals surface area contributed by atoms with Crippen molar-refractivity contribution in [3.05, 3.63) is 48.6 Å². The Balaban J connectivity index is 4.03. The van der Waals surface area contributed by atoms with Gasteiger partial charge >= 0.3 is 19.8 Å². The third-order valence-corrected chi connectivity index (χ3v) is 11.2. The number of phosphoric ester groups is 1. The standard InChI is InChI=1S/C49H89O8P/c1-4-7-9-11-13-15-17-19-21-23-25-27-29-31-33-35-37-39-41-43-48(50)54-45-47(46-56-58(52,53)55-6-3)57-49(51)44-42-40-38-36-34-32-30-28-26-24-22-20-18-16-14-12-10-8-5-2/h8,10,14,16,20,22,26,28,47H,4-7,9,11-13,15,17-19,21,23-25,27,29-46H2,1-3H3,(H,52,53)/b10-8-,16-14-,22-20-,28-26-. The Morgan fingerprint density at radius 2 is 0.879 bits per heavy atom. The van der Waals surface area contributed by atoms with E-state index in [0.29, 0.717) is 12.8 Å². The number of rotatable bonds is 44. The number of carbonyl (C=O) groups is 2. The first-order valence-electron chi connectivity index (χ1n) is 23.9. The molecule has 0 aliphatic rings. The average Bonchev–Trinajstić information content (AvgIpc) is 3.20. The van der Waals surface area contributed by atoms with Crippen molar-refractivity contribution in [3.8, 4) is 0 Å². The van der Waals surface area contributed by atoms with E-state index in [1.54, 1.807) is 6.92 Å². The quantitative estimate of drug-likeness (QED) is 0.0280. The maximum Gasteiger partial charge on any atom is 0.472 e. The molecule has 2 atom stereocenters. The number of hydrogen-bond donors (Lipinski definition) is 1. The van der Waals surface area contributed by atoms with E-state index >= 15 is 0 Å². The van der Waals surface area contributed by atoms with Crippen molar-refractivity contribution in [1.82, 2.24) is 0 Å². The third kappa shape index (κ3) is 43.6. The zero-order valence-electron chi connectivity index (χ0n) is 37.7. The van der Waals surface area contributed by atoms with Crippen LogP contribution in [-0.4, -0.2) is 42.8 Å². The number of allylic oxidation sites excluding steroid dienone is 8. The molecule has 0 aromatic carbocycles. The average molecular weight is 837 g/mol. The maximum atomic E-state index is 12.6. The Hall–Kier alpha value is -1.99. The normalized spacial score (nSPS) is 13.7. The second-order valence-corrected chi connectivity index (χ2v) is 17.2. The molecule has 0 rings (SSSR count). The highest BCUT2D eigenvalue weighted by atomic mass is 31.2. The lowest BCUT2D eigenvalue weighted by atomic mass is 10.0. The molecule has 0 aliphatic heterocycles. The highest BCUT2D eigenvalue weighted by Gasteiger charge is 2.25. The Bertz CT molecular complexity index is 1080. The van der Waals surface area contributed by atoms with Crippen LogP contribution in [0.15, 0.2) is 48.6 Å². The summed E-state index contributed by atoms with van der Waals surface area (Å²) < 4.78 is 32.7. The van der Waals surface area contributed by atoms with Crippen LogP contribution in [0.2, 0.25) is 0 Å². The van der Waals surface area contributed by atoms with Crippen LogP contribution in [0.25, 0.3) is 0 Å². The molecule has 0 aliphatic carbocycles. The fourth-order valence-corrected chi connectivity index (χ4v) is 7.44. The highest BCUT2D eigenvalue weighted by Crippen LogP contribution is 2.43. The first-order chi connectivity index (χ1) is 28.3. The summed E-state index contributed by atoms with van der Waals surface area (Å²) in [5.74, 6) is -0.807. The summed E-state index contributed by atoms with van der Waals surface area (Å²) in [4.78, 5) is 34.9. The Kier molecular flexibility index (Phi) is 43.0. The molecule has 0 heterocycles. The molecule has 0 amide bonds. The first kappa shape index (κ1) is 56.0. The largest absolute Gasteiger partial charge is 0.472 e. The van der Waals surface area contributed by atoms with E-state index in [4.69, 9.17) is 18.5 Å². The third-order valence-electron chi connectivity index (χ3n) is 10.1. The van der Waals surface area contributed by atoms with Gasteiger partial charge in [-0.3, -0.25) is 18.6 Å². The minimum absolute atomic E-state index is 0.00289. The molecule has 0 aromatic heterocycles. The predicted molar refractivity (Wildman–Crippen MR) is 244 cm³/mol. The van der Waals surface area contributed by atoms with Crippen LogP contribution in [0.1, 0.15) is 226 Å². The molecule has 0 saturated heterocycles. The molecule has 0 aromatic rings. The van der Waals surface area contributed by atoms with Crippen LogP contribution >= 0.6 is 7.82 Å². The van der Waals surface area contributed by atoms with Gasteiger partial charge in [0.2, 0.25) is 0 Å². The van der Waals surface area contributed by atoms with Crippen molar-refractivity contribution in [3.63, 3.8) is 0 Å². The fourth-order valence-electron chi connectivity index (χ4n) is 6.68. The number of esters is 2. The topological polar surface area (TPSA) is 108 Å². The Morgan fingerprint density at radius 1 is 0.483 bits per heavy atom. The monoisotopic (exact) mass is 837 g/mol. The predicted octanol–water partition coefficient (Wildman–Crippen LogP) is 15.3. The van der Waals surface area contributed by atoms with E-state index < -0.39 is 26.5 Å². The highest BCUT2D eigenvalue weighted by molar-refractivity contribution is 7.47. The zero-order valence-corrected chi connectivity index (χ0v) is 38.6. The van der Waals surface area contributed by atoms with E-state index in [1.807, 2.05) is 0 Å². The SMILES string of the molecule is CC/C=C\C/C=C\C/C=C\C/C=C\CCCCCCCCC(=O)OC(COC(=O)CCCCCCCCCCCCCCCCCCCCC)COP(=O)(O)OCC. The summed E-state index contributed by atoms with van der Waals surface area (Å²) in [5, 5.41) is 0. The van der Waals surface area contributed by atoms with Gasteiger partial charge in [-0.25, -0.2) is 4.57 Å². The lowest BCUT2D eigenvalue weighted by Crippen LogP contribution is -2.29. The number of ether oxygens (including phenoxy) is 2. The second-order valence-electron chi connectivity index (χ2n) is 15.8. The lowest BCUT2D eigenvalue weighted by molar-refractivity contribution is -0.161. The summed E-state index contributed by atoms with van der Waals surface area (Å²) in [6.07, 6.45) is 53.1. The Morgan fingerprint density at radius 3 is 1.33 bits per heavy atom. The first-order valence-corrected chi connectivity index (χ1v) is 25.4. The van der Waals surface area contributed by atoms with E-state index in [2.05, 4.69) is 62.5 Å². The summed E-state index contributed by atoms with van der Waals surface area (Å²) >= 11 is 0. The smallest absolute Gasteiger partial charge is 0.462 e. The van der Waals surface area contributed by atoms with Gasteiger partial charge in [-0.05, 0) is 58.3 Å². The van der Waals surface area contributed by atoms with Gasteiger partial charge in [0.1, 0.15) is 6.61 Å². The van der Waals surface area contributed by atoms with Gasteiger partial charge in [0, 0.05) is 12.8 Å². The summed E-state index contributed by atoms with van der Waals surface area (Å²) in [6.45, 7) is 5.38. The van der Waals surface area contributed by atoms with Gasteiger partial charge < -0.3 is 14.4 Å². The van der Waals surface area contributed by atoms with Crippen LogP contribution in [-0.2, 0) is 32.7 Å². The van der Waals surface area contributed by atoms with Crippen LogP contribution in [0.4, 0.5) is 0 Å². The van der Waals surface area contributed by atoms with Crippen molar-refractivity contribution in [2.75, 3.05) is 19.8 Å². The molecule has 58 heavy (non-hydrogen) atoms. The van der Waals surface area contributed by atoms with E-state index in [1.165, 1.54) is 103 Å². The van der Waals surface area contributed by atoms with Gasteiger partial charge in [-0.2, -0.15) is 0 Å².